The second-order valence-corrected chi connectivity index (χ2v) is 6.44. The van der Waals surface area contributed by atoms with Crippen LogP contribution in [0, 0.1) is 5.82 Å². The van der Waals surface area contributed by atoms with Gasteiger partial charge in [0.15, 0.2) is 0 Å². The van der Waals surface area contributed by atoms with Crippen LogP contribution in [0.25, 0.3) is 0 Å². The average Bonchev–Trinajstić information content (AvgIpc) is 2.27. The Bertz CT molecular complexity index is 403. The minimum Gasteiger partial charge on any atom is -0.381 e. The Kier molecular flexibility index (Phi) is 3.97. The lowest BCUT2D eigenvalue weighted by molar-refractivity contribution is 0.617. The van der Waals surface area contributed by atoms with E-state index in [1.807, 2.05) is 0 Å². The molecule has 1 N–H and O–H groups in total. The molecule has 5 heteroatoms. The fraction of sp³-hybridized carbons (Fsp3) is 0.455. The molecule has 1 fully saturated rings. The topological polar surface area (TPSA) is 29.1 Å². The lowest BCUT2D eigenvalue weighted by atomic mass is 10.1. The van der Waals surface area contributed by atoms with Crippen molar-refractivity contribution in [1.82, 2.24) is 0 Å². The number of hydrogen-bond acceptors (Lipinski definition) is 2. The summed E-state index contributed by atoms with van der Waals surface area (Å²) in [7, 11) is -0.654. The molecule has 1 heterocycles. The molecule has 1 saturated heterocycles. The van der Waals surface area contributed by atoms with Crippen LogP contribution in [0.3, 0.4) is 0 Å². The predicted molar refractivity (Wildman–Crippen MR) is 68.6 cm³/mol. The van der Waals surface area contributed by atoms with Crippen LogP contribution in [0.15, 0.2) is 22.7 Å². The molecule has 0 unspecified atom stereocenters. The van der Waals surface area contributed by atoms with Gasteiger partial charge in [0.25, 0.3) is 0 Å². The number of nitrogens with one attached hydrogen (secondary N) is 1. The highest BCUT2D eigenvalue weighted by Crippen LogP contribution is 2.25. The van der Waals surface area contributed by atoms with Crippen LogP contribution >= 0.6 is 15.9 Å². The van der Waals surface area contributed by atoms with Gasteiger partial charge in [-0.25, -0.2) is 4.39 Å². The number of rotatable bonds is 2. The largest absolute Gasteiger partial charge is 0.381 e. The van der Waals surface area contributed by atoms with Crippen LogP contribution in [0.5, 0.6) is 0 Å². The Hall–Kier alpha value is -0.420. The first-order chi connectivity index (χ1) is 7.65. The van der Waals surface area contributed by atoms with Crippen molar-refractivity contribution in [3.63, 3.8) is 0 Å². The smallest absolute Gasteiger partial charge is 0.125 e. The van der Waals surface area contributed by atoms with Crippen molar-refractivity contribution >= 4 is 32.4 Å². The number of hydrogen-bond donors (Lipinski definition) is 1. The third-order valence-electron chi connectivity index (χ3n) is 2.68. The first kappa shape index (κ1) is 12.0. The van der Waals surface area contributed by atoms with E-state index in [0.29, 0.717) is 6.04 Å². The van der Waals surface area contributed by atoms with Crippen LogP contribution in [0.2, 0.25) is 0 Å². The van der Waals surface area contributed by atoms with Gasteiger partial charge >= 0.3 is 0 Å². The molecule has 0 saturated carbocycles. The van der Waals surface area contributed by atoms with Gasteiger partial charge in [0.1, 0.15) is 5.82 Å². The summed E-state index contributed by atoms with van der Waals surface area (Å²) in [5, 5.41) is 3.29. The van der Waals surface area contributed by atoms with E-state index in [9.17, 15) is 8.60 Å². The van der Waals surface area contributed by atoms with Gasteiger partial charge < -0.3 is 5.32 Å². The van der Waals surface area contributed by atoms with Crippen molar-refractivity contribution in [2.45, 2.75) is 18.9 Å². The molecule has 1 aliphatic rings. The number of benzene rings is 1. The summed E-state index contributed by atoms with van der Waals surface area (Å²) in [6.07, 6.45) is 1.77. The van der Waals surface area contributed by atoms with Crippen molar-refractivity contribution in [2.75, 3.05) is 16.8 Å². The molecular formula is C11H13BrFNOS. The fourth-order valence-corrected chi connectivity index (χ4v) is 3.43. The zero-order valence-corrected chi connectivity index (χ0v) is 11.1. The van der Waals surface area contributed by atoms with Crippen LogP contribution in [-0.2, 0) is 10.8 Å². The standard InChI is InChI=1S/C11H13BrFNOS/c12-10-2-1-8(13)7-11(10)14-9-3-5-16(15)6-4-9/h1-2,7,9,14H,3-6H2. The Balaban J connectivity index is 2.03. The van der Waals surface area contributed by atoms with Gasteiger partial charge in [-0.3, -0.25) is 4.21 Å². The molecule has 0 aromatic heterocycles. The van der Waals surface area contributed by atoms with Crippen molar-refractivity contribution in [3.05, 3.63) is 28.5 Å². The highest BCUT2D eigenvalue weighted by Gasteiger charge is 2.18. The predicted octanol–water partition coefficient (Wildman–Crippen LogP) is 2.91. The van der Waals surface area contributed by atoms with Crippen molar-refractivity contribution in [3.8, 4) is 0 Å². The van der Waals surface area contributed by atoms with Crippen LogP contribution in [0.1, 0.15) is 12.8 Å². The highest BCUT2D eigenvalue weighted by molar-refractivity contribution is 9.10. The monoisotopic (exact) mass is 305 g/mol. The summed E-state index contributed by atoms with van der Waals surface area (Å²) in [5.41, 5.74) is 0.776. The summed E-state index contributed by atoms with van der Waals surface area (Å²) in [4.78, 5) is 0. The lowest BCUT2D eigenvalue weighted by Crippen LogP contribution is -2.29. The molecule has 0 radical (unpaired) electrons. The number of halogens is 2. The van der Waals surface area contributed by atoms with Crippen LogP contribution < -0.4 is 5.32 Å². The molecule has 0 amide bonds. The van der Waals surface area contributed by atoms with Gasteiger partial charge in [-0.05, 0) is 47.0 Å². The Labute approximate surface area is 105 Å². The third kappa shape index (κ3) is 3.04. The summed E-state index contributed by atoms with van der Waals surface area (Å²) in [6, 6.07) is 4.90. The van der Waals surface area contributed by atoms with Crippen molar-refractivity contribution < 1.29 is 8.60 Å². The zero-order chi connectivity index (χ0) is 11.5. The Morgan fingerprint density at radius 2 is 2.06 bits per heavy atom. The van der Waals surface area contributed by atoms with E-state index in [0.717, 1.165) is 34.5 Å². The van der Waals surface area contributed by atoms with Gasteiger partial charge in [0.2, 0.25) is 0 Å². The summed E-state index contributed by atoms with van der Waals surface area (Å²) in [6.45, 7) is 0. The minimum absolute atomic E-state index is 0.245. The average molecular weight is 306 g/mol. The SMILES string of the molecule is O=S1CCC(Nc2cc(F)ccc2Br)CC1. The molecule has 88 valence electrons. The quantitative estimate of drug-likeness (QED) is 0.910. The van der Waals surface area contributed by atoms with Crippen LogP contribution in [-0.4, -0.2) is 21.8 Å². The van der Waals surface area contributed by atoms with Gasteiger partial charge in [-0.1, -0.05) is 0 Å². The summed E-state index contributed by atoms with van der Waals surface area (Å²) < 4.78 is 25.1. The molecule has 2 nitrogen and oxygen atoms in total. The molecule has 0 atom stereocenters. The normalized spacial score (nSPS) is 25.4. The van der Waals surface area contributed by atoms with Crippen molar-refractivity contribution in [2.24, 2.45) is 0 Å². The van der Waals surface area contributed by atoms with Gasteiger partial charge in [-0.2, -0.15) is 0 Å². The zero-order valence-electron chi connectivity index (χ0n) is 8.71. The molecule has 16 heavy (non-hydrogen) atoms. The summed E-state index contributed by atoms with van der Waals surface area (Å²) >= 11 is 3.38. The first-order valence-electron chi connectivity index (χ1n) is 5.22. The van der Waals surface area contributed by atoms with E-state index in [4.69, 9.17) is 0 Å². The first-order valence-corrected chi connectivity index (χ1v) is 7.50. The minimum atomic E-state index is -0.654. The van der Waals surface area contributed by atoms with Crippen LogP contribution in [0.4, 0.5) is 10.1 Å². The maximum Gasteiger partial charge on any atom is 0.125 e. The highest BCUT2D eigenvalue weighted by atomic mass is 79.9. The molecule has 0 bridgehead atoms. The van der Waals surface area contributed by atoms with E-state index in [2.05, 4.69) is 21.2 Å². The van der Waals surface area contributed by atoms with E-state index < -0.39 is 10.8 Å². The molecule has 0 aliphatic carbocycles. The van der Waals surface area contributed by atoms with Gasteiger partial charge in [-0.15, -0.1) is 0 Å². The molecule has 2 rings (SSSR count). The Morgan fingerprint density at radius 1 is 1.38 bits per heavy atom. The van der Waals surface area contributed by atoms with Crippen molar-refractivity contribution in [1.29, 1.82) is 0 Å². The fourth-order valence-electron chi connectivity index (χ4n) is 1.77. The molecule has 1 aliphatic heterocycles. The molecule has 0 spiro atoms. The molecular weight excluding hydrogens is 293 g/mol. The maximum absolute atomic E-state index is 13.1. The van der Waals surface area contributed by atoms with E-state index >= 15 is 0 Å². The van der Waals surface area contributed by atoms with E-state index in [-0.39, 0.29) is 5.82 Å². The van der Waals surface area contributed by atoms with E-state index in [1.165, 1.54) is 12.1 Å². The second kappa shape index (κ2) is 5.27. The molecule has 1 aromatic carbocycles. The lowest BCUT2D eigenvalue weighted by Gasteiger charge is -2.24. The summed E-state index contributed by atoms with van der Waals surface area (Å²) in [5.74, 6) is 1.24. The third-order valence-corrected chi connectivity index (χ3v) is 4.75. The van der Waals surface area contributed by atoms with Gasteiger partial charge in [0.05, 0.1) is 5.69 Å². The van der Waals surface area contributed by atoms with Gasteiger partial charge in [0, 0.05) is 32.8 Å². The van der Waals surface area contributed by atoms with E-state index in [1.54, 1.807) is 6.07 Å². The maximum atomic E-state index is 13.1. The number of anilines is 1. The molecule has 1 aromatic rings. The second-order valence-electron chi connectivity index (χ2n) is 3.89. The Morgan fingerprint density at radius 3 is 2.75 bits per heavy atom.